The predicted molar refractivity (Wildman–Crippen MR) is 101 cm³/mol. The molecule has 0 bridgehead atoms. The minimum atomic E-state index is -0.371. The van der Waals surface area contributed by atoms with Gasteiger partial charge in [0.05, 0.1) is 5.75 Å². The maximum atomic E-state index is 13.5. The minimum Gasteiger partial charge on any atom is -0.335 e. The Labute approximate surface area is 158 Å². The van der Waals surface area contributed by atoms with E-state index < -0.39 is 0 Å². The number of carbonyl (C=O) groups excluding carboxylic acids is 1. The minimum absolute atomic E-state index is 0.0614. The van der Waals surface area contributed by atoms with Gasteiger partial charge in [-0.1, -0.05) is 29.4 Å². The highest BCUT2D eigenvalue weighted by atomic mass is 35.5. The molecule has 0 saturated heterocycles. The molecule has 0 unspecified atom stereocenters. The Balaban J connectivity index is 1.66. The van der Waals surface area contributed by atoms with Crippen LogP contribution >= 0.6 is 23.4 Å². The van der Waals surface area contributed by atoms with Crippen LogP contribution in [0.4, 0.5) is 10.1 Å². The lowest BCUT2D eigenvalue weighted by Gasteiger charge is -2.08. The number of anilines is 1. The molecule has 134 valence electrons. The van der Waals surface area contributed by atoms with Gasteiger partial charge in [-0.05, 0) is 43.3 Å². The van der Waals surface area contributed by atoms with Gasteiger partial charge >= 0.3 is 0 Å². The highest BCUT2D eigenvalue weighted by molar-refractivity contribution is 7.99. The third kappa shape index (κ3) is 3.97. The Hall–Kier alpha value is -2.58. The van der Waals surface area contributed by atoms with Crippen molar-refractivity contribution in [1.29, 1.82) is 0 Å². The zero-order chi connectivity index (χ0) is 18.7. The van der Waals surface area contributed by atoms with Crippen molar-refractivity contribution in [2.24, 2.45) is 0 Å². The number of hydrogen-bond acceptors (Lipinski definition) is 5. The summed E-state index contributed by atoms with van der Waals surface area (Å²) in [4.78, 5) is 12.1. The van der Waals surface area contributed by atoms with Crippen molar-refractivity contribution in [2.75, 3.05) is 16.9 Å². The molecule has 0 spiro atoms. The first-order valence-electron chi connectivity index (χ1n) is 7.60. The van der Waals surface area contributed by atoms with E-state index in [2.05, 4.69) is 15.5 Å². The van der Waals surface area contributed by atoms with Crippen molar-refractivity contribution in [2.45, 2.75) is 12.1 Å². The molecule has 9 heteroatoms. The predicted octanol–water partition coefficient (Wildman–Crippen LogP) is 3.49. The van der Waals surface area contributed by atoms with Gasteiger partial charge in [-0.25, -0.2) is 9.07 Å². The van der Waals surface area contributed by atoms with Gasteiger partial charge < -0.3 is 11.2 Å². The Morgan fingerprint density at radius 3 is 2.73 bits per heavy atom. The van der Waals surface area contributed by atoms with Gasteiger partial charge in [0.25, 0.3) is 0 Å². The molecule has 3 N–H and O–H groups in total. The number of nitrogens with zero attached hydrogens (tertiary/aromatic N) is 3. The first-order valence-corrected chi connectivity index (χ1v) is 8.96. The molecule has 26 heavy (non-hydrogen) atoms. The highest BCUT2D eigenvalue weighted by Crippen LogP contribution is 2.23. The van der Waals surface area contributed by atoms with E-state index in [-0.39, 0.29) is 17.5 Å². The lowest BCUT2D eigenvalue weighted by molar-refractivity contribution is -0.113. The summed E-state index contributed by atoms with van der Waals surface area (Å²) in [6, 6.07) is 11.5. The van der Waals surface area contributed by atoms with E-state index in [4.69, 9.17) is 17.4 Å². The first kappa shape index (κ1) is 18.2. The normalized spacial score (nSPS) is 10.7. The number of hydrogen-bond donors (Lipinski definition) is 2. The Morgan fingerprint density at radius 1 is 1.27 bits per heavy atom. The number of nitrogen functional groups attached to an aromatic ring is 1. The SMILES string of the molecule is Cc1c(F)cccc1NC(=O)CSc1nnc(-c2ccc(Cl)cc2)n1N. The van der Waals surface area contributed by atoms with Gasteiger partial charge in [0, 0.05) is 21.8 Å². The number of rotatable bonds is 5. The lowest BCUT2D eigenvalue weighted by atomic mass is 10.2. The molecule has 1 amide bonds. The number of carbonyl (C=O) groups is 1. The van der Waals surface area contributed by atoms with Crippen molar-refractivity contribution in [1.82, 2.24) is 14.9 Å². The van der Waals surface area contributed by atoms with Gasteiger partial charge in [-0.3, -0.25) is 4.79 Å². The topological polar surface area (TPSA) is 85.8 Å². The van der Waals surface area contributed by atoms with Gasteiger partial charge in [0.15, 0.2) is 5.82 Å². The van der Waals surface area contributed by atoms with Gasteiger partial charge in [-0.2, -0.15) is 0 Å². The van der Waals surface area contributed by atoms with Crippen LogP contribution in [0.15, 0.2) is 47.6 Å². The van der Waals surface area contributed by atoms with Crippen LogP contribution in [-0.4, -0.2) is 26.5 Å². The molecular formula is C17H15ClFN5OS. The van der Waals surface area contributed by atoms with Crippen molar-refractivity contribution in [3.05, 3.63) is 58.9 Å². The van der Waals surface area contributed by atoms with Crippen LogP contribution in [0.5, 0.6) is 0 Å². The lowest BCUT2D eigenvalue weighted by Crippen LogP contribution is -2.17. The summed E-state index contributed by atoms with van der Waals surface area (Å²) in [5.41, 5.74) is 1.58. The van der Waals surface area contributed by atoms with E-state index in [9.17, 15) is 9.18 Å². The maximum absolute atomic E-state index is 13.5. The summed E-state index contributed by atoms with van der Waals surface area (Å²) < 4.78 is 14.8. The second-order valence-corrected chi connectivity index (χ2v) is 6.81. The third-order valence-electron chi connectivity index (χ3n) is 3.64. The summed E-state index contributed by atoms with van der Waals surface area (Å²) in [5.74, 6) is 5.88. The van der Waals surface area contributed by atoms with Crippen LogP contribution in [0.1, 0.15) is 5.56 Å². The average molecular weight is 392 g/mol. The van der Waals surface area contributed by atoms with E-state index in [0.717, 1.165) is 17.3 Å². The molecule has 1 aromatic heterocycles. The number of amides is 1. The molecule has 0 atom stereocenters. The quantitative estimate of drug-likeness (QED) is 0.513. The summed E-state index contributed by atoms with van der Waals surface area (Å²) >= 11 is 7.01. The van der Waals surface area contributed by atoms with Crippen LogP contribution in [0.3, 0.4) is 0 Å². The smallest absolute Gasteiger partial charge is 0.234 e. The van der Waals surface area contributed by atoms with Crippen molar-refractivity contribution in [3.63, 3.8) is 0 Å². The molecule has 0 aliphatic heterocycles. The molecule has 6 nitrogen and oxygen atoms in total. The average Bonchev–Trinajstić information content (AvgIpc) is 2.99. The van der Waals surface area contributed by atoms with Gasteiger partial charge in [0.1, 0.15) is 5.82 Å². The molecular weight excluding hydrogens is 377 g/mol. The zero-order valence-electron chi connectivity index (χ0n) is 13.7. The first-order chi connectivity index (χ1) is 12.5. The number of halogens is 2. The molecule has 0 aliphatic rings. The number of aromatic nitrogens is 3. The highest BCUT2D eigenvalue weighted by Gasteiger charge is 2.14. The molecule has 2 aromatic carbocycles. The standard InChI is InChI=1S/C17H15ClFN5OS/c1-10-13(19)3-2-4-14(10)21-15(25)9-26-17-23-22-16(24(17)20)11-5-7-12(18)8-6-11/h2-8H,9,20H2,1H3,(H,21,25). The summed E-state index contributed by atoms with van der Waals surface area (Å²) in [5, 5.41) is 11.7. The molecule has 3 aromatic rings. The molecule has 0 aliphatic carbocycles. The van der Waals surface area contributed by atoms with Crippen molar-refractivity contribution < 1.29 is 9.18 Å². The van der Waals surface area contributed by atoms with Crippen LogP contribution in [-0.2, 0) is 4.79 Å². The van der Waals surface area contributed by atoms with Gasteiger partial charge in [0.2, 0.25) is 11.1 Å². The second kappa shape index (κ2) is 7.76. The number of nitrogens with one attached hydrogen (secondary N) is 1. The number of benzene rings is 2. The van der Waals surface area contributed by atoms with E-state index in [1.807, 2.05) is 0 Å². The fourth-order valence-electron chi connectivity index (χ4n) is 2.23. The van der Waals surface area contributed by atoms with Crippen LogP contribution in [0, 0.1) is 12.7 Å². The summed E-state index contributed by atoms with van der Waals surface area (Å²) in [6.45, 7) is 1.60. The zero-order valence-corrected chi connectivity index (χ0v) is 15.3. The third-order valence-corrected chi connectivity index (χ3v) is 4.84. The Bertz CT molecular complexity index is 945. The summed E-state index contributed by atoms with van der Waals surface area (Å²) in [6.07, 6.45) is 0. The number of thioether (sulfide) groups is 1. The summed E-state index contributed by atoms with van der Waals surface area (Å²) in [7, 11) is 0. The molecule has 0 fully saturated rings. The Morgan fingerprint density at radius 2 is 2.00 bits per heavy atom. The molecule has 3 rings (SSSR count). The van der Waals surface area contributed by atoms with Gasteiger partial charge in [-0.15, -0.1) is 10.2 Å². The largest absolute Gasteiger partial charge is 0.335 e. The fourth-order valence-corrected chi connectivity index (χ4v) is 3.01. The Kier molecular flexibility index (Phi) is 5.43. The molecule has 0 radical (unpaired) electrons. The van der Waals surface area contributed by atoms with E-state index in [1.54, 1.807) is 43.3 Å². The molecule has 1 heterocycles. The number of nitrogens with two attached hydrogens (primary N) is 1. The van der Waals surface area contributed by atoms with E-state index in [1.165, 1.54) is 10.7 Å². The van der Waals surface area contributed by atoms with Crippen molar-refractivity contribution >= 4 is 35.0 Å². The van der Waals surface area contributed by atoms with Crippen LogP contribution in [0.2, 0.25) is 5.02 Å². The van der Waals surface area contributed by atoms with Crippen LogP contribution in [0.25, 0.3) is 11.4 Å². The van der Waals surface area contributed by atoms with E-state index in [0.29, 0.717) is 27.3 Å². The van der Waals surface area contributed by atoms with Crippen LogP contribution < -0.4 is 11.2 Å². The molecule has 0 saturated carbocycles. The maximum Gasteiger partial charge on any atom is 0.234 e. The second-order valence-electron chi connectivity index (χ2n) is 5.43. The fraction of sp³-hybridized carbons (Fsp3) is 0.118. The van der Waals surface area contributed by atoms with E-state index >= 15 is 0 Å². The van der Waals surface area contributed by atoms with Crippen molar-refractivity contribution in [3.8, 4) is 11.4 Å². The monoisotopic (exact) mass is 391 g/mol.